The molecule has 126 valence electrons. The average molecular weight is 331 g/mol. The summed E-state index contributed by atoms with van der Waals surface area (Å²) in [6.07, 6.45) is 1.60. The number of nitrogens with one attached hydrogen (secondary N) is 1. The molecule has 0 aliphatic heterocycles. The van der Waals surface area contributed by atoms with E-state index in [-0.39, 0.29) is 0 Å². The zero-order valence-electron chi connectivity index (χ0n) is 14.9. The molecule has 0 saturated carbocycles. The van der Waals surface area contributed by atoms with Crippen LogP contribution in [0.25, 0.3) is 21.9 Å². The predicted molar refractivity (Wildman–Crippen MR) is 102 cm³/mol. The van der Waals surface area contributed by atoms with Crippen LogP contribution in [-0.4, -0.2) is 19.5 Å². The van der Waals surface area contributed by atoms with Gasteiger partial charge in [-0.1, -0.05) is 12.1 Å². The highest BCUT2D eigenvalue weighted by molar-refractivity contribution is 5.99. The van der Waals surface area contributed by atoms with Crippen molar-refractivity contribution in [3.63, 3.8) is 0 Å². The van der Waals surface area contributed by atoms with Gasteiger partial charge in [0.15, 0.2) is 0 Å². The molecule has 0 spiro atoms. The Kier molecular flexibility index (Phi) is 3.64. The Morgan fingerprint density at radius 2 is 1.84 bits per heavy atom. The van der Waals surface area contributed by atoms with Gasteiger partial charge in [-0.3, -0.25) is 0 Å². The highest BCUT2D eigenvalue weighted by atomic mass is 15.1. The van der Waals surface area contributed by atoms with Gasteiger partial charge in [0.05, 0.1) is 16.6 Å². The summed E-state index contributed by atoms with van der Waals surface area (Å²) in [7, 11) is 0. The molecular formula is C20H21N5. The third-order valence-corrected chi connectivity index (χ3v) is 4.42. The van der Waals surface area contributed by atoms with Crippen molar-refractivity contribution in [3.05, 3.63) is 54.1 Å². The topological polar surface area (TPSA) is 55.6 Å². The van der Waals surface area contributed by atoms with Gasteiger partial charge < -0.3 is 9.88 Å². The van der Waals surface area contributed by atoms with Crippen LogP contribution in [0.15, 0.2) is 42.7 Å². The van der Waals surface area contributed by atoms with E-state index in [0.717, 1.165) is 39.3 Å². The predicted octanol–water partition coefficient (Wildman–Crippen LogP) is 4.92. The van der Waals surface area contributed by atoms with Gasteiger partial charge in [0.2, 0.25) is 0 Å². The van der Waals surface area contributed by atoms with Gasteiger partial charge in [0.1, 0.15) is 18.0 Å². The summed E-state index contributed by atoms with van der Waals surface area (Å²) in [6.45, 7) is 8.47. The van der Waals surface area contributed by atoms with Crippen LogP contribution >= 0.6 is 0 Å². The monoisotopic (exact) mass is 331 g/mol. The normalized spacial score (nSPS) is 11.6. The molecule has 0 bridgehead atoms. The summed E-state index contributed by atoms with van der Waals surface area (Å²) in [5, 5.41) is 4.43. The summed E-state index contributed by atoms with van der Waals surface area (Å²) in [5.41, 5.74) is 5.21. The Balaban J connectivity index is 1.91. The van der Waals surface area contributed by atoms with Crippen LogP contribution in [0.4, 0.5) is 11.5 Å². The molecule has 1 N–H and O–H groups in total. The number of anilines is 2. The fourth-order valence-electron chi connectivity index (χ4n) is 3.38. The highest BCUT2D eigenvalue weighted by Crippen LogP contribution is 2.29. The lowest BCUT2D eigenvalue weighted by atomic mass is 10.2. The first-order valence-electron chi connectivity index (χ1n) is 8.50. The van der Waals surface area contributed by atoms with Crippen molar-refractivity contribution in [3.8, 4) is 0 Å². The van der Waals surface area contributed by atoms with Crippen LogP contribution in [0.2, 0.25) is 0 Å². The molecule has 0 unspecified atom stereocenters. The van der Waals surface area contributed by atoms with Crippen molar-refractivity contribution in [2.45, 2.75) is 33.7 Å². The maximum atomic E-state index is 4.69. The first kappa shape index (κ1) is 15.6. The van der Waals surface area contributed by atoms with Crippen LogP contribution in [0.1, 0.15) is 31.3 Å². The fraction of sp³-hybridized carbons (Fsp3) is 0.250. The molecule has 0 fully saturated rings. The van der Waals surface area contributed by atoms with Crippen LogP contribution in [0, 0.1) is 13.8 Å². The number of aryl methyl sites for hydroxylation is 2. The molecule has 0 aliphatic rings. The summed E-state index contributed by atoms with van der Waals surface area (Å²) in [4.78, 5) is 13.6. The van der Waals surface area contributed by atoms with E-state index < -0.39 is 0 Å². The van der Waals surface area contributed by atoms with E-state index in [2.05, 4.69) is 58.8 Å². The highest BCUT2D eigenvalue weighted by Gasteiger charge is 2.13. The van der Waals surface area contributed by atoms with Crippen LogP contribution in [-0.2, 0) is 0 Å². The Bertz CT molecular complexity index is 1080. The van der Waals surface area contributed by atoms with Gasteiger partial charge in [-0.05, 0) is 57.5 Å². The van der Waals surface area contributed by atoms with E-state index in [1.165, 1.54) is 5.56 Å². The molecule has 5 nitrogen and oxygen atoms in total. The maximum absolute atomic E-state index is 4.69. The zero-order chi connectivity index (χ0) is 17.6. The summed E-state index contributed by atoms with van der Waals surface area (Å²) in [5.74, 6) is 1.83. The second kappa shape index (κ2) is 5.84. The number of fused-ring (bicyclic) bond motifs is 2. The van der Waals surface area contributed by atoms with Gasteiger partial charge in [0, 0.05) is 17.1 Å². The van der Waals surface area contributed by atoms with Crippen molar-refractivity contribution in [2.75, 3.05) is 5.32 Å². The molecule has 0 amide bonds. The molecule has 4 rings (SSSR count). The Labute approximate surface area is 146 Å². The first-order valence-corrected chi connectivity index (χ1v) is 8.50. The number of hydrogen-bond donors (Lipinski definition) is 1. The van der Waals surface area contributed by atoms with Gasteiger partial charge in [0.25, 0.3) is 0 Å². The molecule has 0 radical (unpaired) electrons. The molecule has 5 heteroatoms. The van der Waals surface area contributed by atoms with E-state index in [4.69, 9.17) is 4.98 Å². The van der Waals surface area contributed by atoms with Crippen molar-refractivity contribution in [2.24, 2.45) is 0 Å². The Morgan fingerprint density at radius 3 is 2.60 bits per heavy atom. The third kappa shape index (κ3) is 2.71. The molecule has 0 saturated heterocycles. The molecule has 2 aromatic carbocycles. The number of rotatable bonds is 3. The van der Waals surface area contributed by atoms with Gasteiger partial charge >= 0.3 is 0 Å². The van der Waals surface area contributed by atoms with Crippen LogP contribution in [0.3, 0.4) is 0 Å². The molecule has 2 aromatic heterocycles. The first-order chi connectivity index (χ1) is 12.0. The Morgan fingerprint density at radius 1 is 1.00 bits per heavy atom. The van der Waals surface area contributed by atoms with Gasteiger partial charge in [-0.25, -0.2) is 15.0 Å². The number of aromatic nitrogens is 4. The van der Waals surface area contributed by atoms with E-state index in [1.54, 1.807) is 6.33 Å². The lowest BCUT2D eigenvalue weighted by molar-refractivity contribution is 0.600. The summed E-state index contributed by atoms with van der Waals surface area (Å²) >= 11 is 0. The average Bonchev–Trinajstić information content (AvgIpc) is 2.88. The van der Waals surface area contributed by atoms with E-state index in [9.17, 15) is 0 Å². The van der Waals surface area contributed by atoms with E-state index in [0.29, 0.717) is 6.04 Å². The quantitative estimate of drug-likeness (QED) is 0.579. The van der Waals surface area contributed by atoms with E-state index in [1.807, 2.05) is 25.1 Å². The molecule has 0 atom stereocenters. The van der Waals surface area contributed by atoms with Crippen LogP contribution < -0.4 is 5.32 Å². The SMILES string of the molecule is Cc1cccc(Nc2ncnc3cc4nc(C)n(C(C)C)c4cc23)c1. The Hall–Kier alpha value is -2.95. The number of imidazole rings is 1. The van der Waals surface area contributed by atoms with Crippen molar-refractivity contribution in [1.82, 2.24) is 19.5 Å². The second-order valence-corrected chi connectivity index (χ2v) is 6.70. The molecule has 25 heavy (non-hydrogen) atoms. The van der Waals surface area contributed by atoms with Crippen LogP contribution in [0.5, 0.6) is 0 Å². The molecule has 2 heterocycles. The van der Waals surface area contributed by atoms with Crippen molar-refractivity contribution < 1.29 is 0 Å². The minimum absolute atomic E-state index is 0.347. The molecule has 0 aliphatic carbocycles. The number of hydrogen-bond acceptors (Lipinski definition) is 4. The summed E-state index contributed by atoms with van der Waals surface area (Å²) in [6, 6.07) is 12.8. The van der Waals surface area contributed by atoms with E-state index >= 15 is 0 Å². The van der Waals surface area contributed by atoms with Gasteiger partial charge in [-0.2, -0.15) is 0 Å². The lowest BCUT2D eigenvalue weighted by Crippen LogP contribution is -2.03. The number of benzene rings is 2. The van der Waals surface area contributed by atoms with Crippen molar-refractivity contribution in [1.29, 1.82) is 0 Å². The maximum Gasteiger partial charge on any atom is 0.141 e. The third-order valence-electron chi connectivity index (χ3n) is 4.42. The number of nitrogens with zero attached hydrogens (tertiary/aromatic N) is 4. The molecule has 4 aromatic rings. The second-order valence-electron chi connectivity index (χ2n) is 6.70. The van der Waals surface area contributed by atoms with Crippen molar-refractivity contribution >= 4 is 33.4 Å². The van der Waals surface area contributed by atoms with Gasteiger partial charge in [-0.15, -0.1) is 0 Å². The largest absolute Gasteiger partial charge is 0.340 e. The standard InChI is InChI=1S/C20H21N5/c1-12(2)25-14(4)23-18-10-17-16(9-19(18)25)20(22-11-21-17)24-15-7-5-6-13(3)8-15/h5-12H,1-4H3,(H,21,22,24). The fourth-order valence-corrected chi connectivity index (χ4v) is 3.38. The summed E-state index contributed by atoms with van der Waals surface area (Å²) < 4.78 is 2.25. The minimum Gasteiger partial charge on any atom is -0.340 e. The smallest absolute Gasteiger partial charge is 0.141 e. The lowest BCUT2D eigenvalue weighted by Gasteiger charge is -2.12. The minimum atomic E-state index is 0.347. The zero-order valence-corrected chi connectivity index (χ0v) is 14.9. The molecular weight excluding hydrogens is 310 g/mol.